The van der Waals surface area contributed by atoms with Crippen LogP contribution in [0.15, 0.2) is 24.3 Å². The minimum Gasteiger partial charge on any atom is -0.385 e. The number of hydrogen-bond acceptors (Lipinski definition) is 2. The predicted molar refractivity (Wildman–Crippen MR) is 69.9 cm³/mol. The van der Waals surface area contributed by atoms with Crippen LogP contribution in [0.5, 0.6) is 0 Å². The Morgan fingerprint density at radius 3 is 2.75 bits per heavy atom. The molecule has 16 heavy (non-hydrogen) atoms. The van der Waals surface area contributed by atoms with Crippen LogP contribution in [0.1, 0.15) is 18.4 Å². The van der Waals surface area contributed by atoms with E-state index in [2.05, 4.69) is 48.5 Å². The van der Waals surface area contributed by atoms with E-state index in [9.17, 15) is 0 Å². The Morgan fingerprint density at radius 2 is 2.06 bits per heavy atom. The molecular weight excluding hydrogens is 196 g/mol. The lowest BCUT2D eigenvalue weighted by atomic mass is 9.97. The molecule has 1 heterocycles. The maximum absolute atomic E-state index is 3.55. The Labute approximate surface area is 98.7 Å². The molecule has 0 aliphatic carbocycles. The normalized spacial score (nSPS) is 18.6. The van der Waals surface area contributed by atoms with Gasteiger partial charge >= 0.3 is 0 Å². The van der Waals surface area contributed by atoms with Gasteiger partial charge in [0.25, 0.3) is 0 Å². The Bertz CT molecular complexity index is 327. The van der Waals surface area contributed by atoms with Crippen molar-refractivity contribution in [1.82, 2.24) is 4.90 Å². The zero-order valence-corrected chi connectivity index (χ0v) is 10.4. The van der Waals surface area contributed by atoms with Crippen molar-refractivity contribution in [3.05, 3.63) is 29.8 Å². The number of anilines is 1. The fourth-order valence-electron chi connectivity index (χ4n) is 2.28. The molecule has 1 saturated heterocycles. The summed E-state index contributed by atoms with van der Waals surface area (Å²) in [6.07, 6.45) is 2.66. The molecular formula is C14H22N2. The van der Waals surface area contributed by atoms with E-state index in [0.717, 1.165) is 12.5 Å². The summed E-state index contributed by atoms with van der Waals surface area (Å²) >= 11 is 0. The van der Waals surface area contributed by atoms with Crippen molar-refractivity contribution in [2.24, 2.45) is 5.92 Å². The van der Waals surface area contributed by atoms with Crippen LogP contribution >= 0.6 is 0 Å². The molecule has 2 heteroatoms. The second-order valence-corrected chi connectivity index (χ2v) is 5.00. The van der Waals surface area contributed by atoms with Gasteiger partial charge in [-0.2, -0.15) is 0 Å². The zero-order valence-electron chi connectivity index (χ0n) is 10.4. The van der Waals surface area contributed by atoms with Crippen molar-refractivity contribution < 1.29 is 0 Å². The van der Waals surface area contributed by atoms with Crippen molar-refractivity contribution in [1.29, 1.82) is 0 Å². The van der Waals surface area contributed by atoms with Gasteiger partial charge in [0.2, 0.25) is 0 Å². The van der Waals surface area contributed by atoms with Crippen molar-refractivity contribution in [2.75, 3.05) is 32.0 Å². The highest BCUT2D eigenvalue weighted by atomic mass is 15.1. The summed E-state index contributed by atoms with van der Waals surface area (Å²) in [6, 6.07) is 8.63. The summed E-state index contributed by atoms with van der Waals surface area (Å²) in [4.78, 5) is 2.42. The molecule has 1 aromatic carbocycles. The van der Waals surface area contributed by atoms with Crippen LogP contribution in [0, 0.1) is 12.8 Å². The van der Waals surface area contributed by atoms with Crippen molar-refractivity contribution in [3.63, 3.8) is 0 Å². The Hall–Kier alpha value is -1.02. The van der Waals surface area contributed by atoms with Crippen molar-refractivity contribution >= 4 is 5.69 Å². The van der Waals surface area contributed by atoms with E-state index in [4.69, 9.17) is 0 Å². The van der Waals surface area contributed by atoms with Gasteiger partial charge in [-0.25, -0.2) is 0 Å². The van der Waals surface area contributed by atoms with Crippen molar-refractivity contribution in [2.45, 2.75) is 19.8 Å². The maximum Gasteiger partial charge on any atom is 0.0342 e. The highest BCUT2D eigenvalue weighted by Crippen LogP contribution is 2.17. The number of piperidine rings is 1. The van der Waals surface area contributed by atoms with E-state index >= 15 is 0 Å². The average molecular weight is 218 g/mol. The van der Waals surface area contributed by atoms with E-state index in [-0.39, 0.29) is 0 Å². The van der Waals surface area contributed by atoms with Crippen LogP contribution in [0.3, 0.4) is 0 Å². The third-order valence-corrected chi connectivity index (χ3v) is 3.45. The van der Waals surface area contributed by atoms with Crippen LogP contribution in [-0.2, 0) is 0 Å². The highest BCUT2D eigenvalue weighted by Gasteiger charge is 2.15. The average Bonchev–Trinajstić information content (AvgIpc) is 2.28. The predicted octanol–water partition coefficient (Wildman–Crippen LogP) is 2.75. The molecule has 0 saturated carbocycles. The smallest absolute Gasteiger partial charge is 0.0342 e. The molecule has 0 aromatic heterocycles. The molecule has 2 rings (SSSR count). The van der Waals surface area contributed by atoms with Crippen LogP contribution in [0.4, 0.5) is 5.69 Å². The summed E-state index contributed by atoms with van der Waals surface area (Å²) < 4.78 is 0. The maximum atomic E-state index is 3.55. The van der Waals surface area contributed by atoms with Gasteiger partial charge in [0.15, 0.2) is 0 Å². The van der Waals surface area contributed by atoms with Gasteiger partial charge in [0, 0.05) is 12.2 Å². The van der Waals surface area contributed by atoms with Gasteiger partial charge in [-0.05, 0) is 63.5 Å². The largest absolute Gasteiger partial charge is 0.385 e. The molecule has 1 N–H and O–H groups in total. The van der Waals surface area contributed by atoms with E-state index in [1.165, 1.54) is 37.2 Å². The van der Waals surface area contributed by atoms with Gasteiger partial charge in [-0.15, -0.1) is 0 Å². The second-order valence-electron chi connectivity index (χ2n) is 5.00. The first kappa shape index (κ1) is 11.5. The topological polar surface area (TPSA) is 15.3 Å². The molecule has 0 spiro atoms. The van der Waals surface area contributed by atoms with E-state index in [0.29, 0.717) is 0 Å². The zero-order chi connectivity index (χ0) is 11.4. The second kappa shape index (κ2) is 5.35. The van der Waals surface area contributed by atoms with Gasteiger partial charge in [0.1, 0.15) is 0 Å². The quantitative estimate of drug-likeness (QED) is 0.839. The number of rotatable bonds is 3. The first-order valence-corrected chi connectivity index (χ1v) is 6.23. The molecule has 0 bridgehead atoms. The monoisotopic (exact) mass is 218 g/mol. The van der Waals surface area contributed by atoms with Gasteiger partial charge in [-0.1, -0.05) is 12.1 Å². The van der Waals surface area contributed by atoms with Crippen LogP contribution in [0.2, 0.25) is 0 Å². The van der Waals surface area contributed by atoms with E-state index < -0.39 is 0 Å². The summed E-state index contributed by atoms with van der Waals surface area (Å²) in [7, 11) is 2.21. The molecule has 2 nitrogen and oxygen atoms in total. The Kier molecular flexibility index (Phi) is 3.83. The number of hydrogen-bond donors (Lipinski definition) is 1. The molecule has 88 valence electrons. The molecule has 1 fully saturated rings. The van der Waals surface area contributed by atoms with E-state index in [1.807, 2.05) is 0 Å². The SMILES string of the molecule is Cc1cccc(NCC2CCN(C)CC2)c1. The summed E-state index contributed by atoms with van der Waals surface area (Å²) in [5.74, 6) is 0.844. The summed E-state index contributed by atoms with van der Waals surface area (Å²) in [6.45, 7) is 5.76. The van der Waals surface area contributed by atoms with Gasteiger partial charge in [0.05, 0.1) is 0 Å². The molecule has 1 aliphatic heterocycles. The van der Waals surface area contributed by atoms with E-state index in [1.54, 1.807) is 0 Å². The number of nitrogens with one attached hydrogen (secondary N) is 1. The van der Waals surface area contributed by atoms with Crippen molar-refractivity contribution in [3.8, 4) is 0 Å². The number of benzene rings is 1. The summed E-state index contributed by atoms with van der Waals surface area (Å²) in [5.41, 5.74) is 2.59. The lowest BCUT2D eigenvalue weighted by Crippen LogP contribution is -2.32. The van der Waals surface area contributed by atoms with Gasteiger partial charge in [-0.3, -0.25) is 0 Å². The lowest BCUT2D eigenvalue weighted by Gasteiger charge is -2.29. The minimum absolute atomic E-state index is 0.844. The van der Waals surface area contributed by atoms with Crippen LogP contribution < -0.4 is 5.32 Å². The van der Waals surface area contributed by atoms with Gasteiger partial charge < -0.3 is 10.2 Å². The highest BCUT2D eigenvalue weighted by molar-refractivity contribution is 5.45. The molecule has 1 aromatic rings. The lowest BCUT2D eigenvalue weighted by molar-refractivity contribution is 0.226. The number of aryl methyl sites for hydroxylation is 1. The molecule has 0 atom stereocenters. The van der Waals surface area contributed by atoms with Crippen LogP contribution in [-0.4, -0.2) is 31.6 Å². The molecule has 0 unspecified atom stereocenters. The third-order valence-electron chi connectivity index (χ3n) is 3.45. The molecule has 1 aliphatic rings. The standard InChI is InChI=1S/C14H22N2/c1-12-4-3-5-14(10-12)15-11-13-6-8-16(2)9-7-13/h3-5,10,13,15H,6-9,11H2,1-2H3. The Morgan fingerprint density at radius 1 is 1.31 bits per heavy atom. The fourth-order valence-corrected chi connectivity index (χ4v) is 2.28. The first-order valence-electron chi connectivity index (χ1n) is 6.23. The van der Waals surface area contributed by atoms with Crippen LogP contribution in [0.25, 0.3) is 0 Å². The number of likely N-dealkylation sites (tertiary alicyclic amines) is 1. The number of nitrogens with zero attached hydrogens (tertiary/aromatic N) is 1. The third kappa shape index (κ3) is 3.24. The Balaban J connectivity index is 1.79. The molecule has 0 radical (unpaired) electrons. The first-order chi connectivity index (χ1) is 7.74. The summed E-state index contributed by atoms with van der Waals surface area (Å²) in [5, 5.41) is 3.55. The molecule has 0 amide bonds. The fraction of sp³-hybridized carbons (Fsp3) is 0.571. The minimum atomic E-state index is 0.844.